The van der Waals surface area contributed by atoms with Crippen molar-refractivity contribution in [1.29, 1.82) is 0 Å². The van der Waals surface area contributed by atoms with E-state index >= 15 is 0 Å². The summed E-state index contributed by atoms with van der Waals surface area (Å²) in [5.41, 5.74) is 0. The summed E-state index contributed by atoms with van der Waals surface area (Å²) in [5.74, 6) is 0.881. The van der Waals surface area contributed by atoms with Crippen molar-refractivity contribution in [2.24, 2.45) is 5.92 Å². The van der Waals surface area contributed by atoms with E-state index in [9.17, 15) is 0 Å². The molecular weight excluding hydrogens is 186 g/mol. The highest BCUT2D eigenvalue weighted by atomic mass is 15.6. The van der Waals surface area contributed by atoms with E-state index < -0.39 is 0 Å². The molecule has 0 aromatic carbocycles. The number of nitrogens with zero attached hydrogens (tertiary/aromatic N) is 2. The molecule has 2 fully saturated rings. The Bertz CT molecular complexity index is 178. The van der Waals surface area contributed by atoms with Crippen LogP contribution in [0.3, 0.4) is 0 Å². The minimum absolute atomic E-state index is 0.881. The second-order valence-electron chi connectivity index (χ2n) is 4.89. The van der Waals surface area contributed by atoms with E-state index in [-0.39, 0.29) is 0 Å². The molecule has 15 heavy (non-hydrogen) atoms. The largest absolute Gasteiger partial charge is 0.317 e. The lowest BCUT2D eigenvalue weighted by molar-refractivity contribution is -0.0218. The van der Waals surface area contributed by atoms with Gasteiger partial charge in [-0.25, -0.2) is 10.0 Å². The lowest BCUT2D eigenvalue weighted by Crippen LogP contribution is -2.44. The van der Waals surface area contributed by atoms with Gasteiger partial charge in [-0.05, 0) is 38.3 Å². The van der Waals surface area contributed by atoms with Crippen LogP contribution in [-0.2, 0) is 0 Å². The zero-order valence-electron chi connectivity index (χ0n) is 10.0. The Hall–Kier alpha value is -0.120. The maximum absolute atomic E-state index is 3.47. The van der Waals surface area contributed by atoms with Crippen LogP contribution in [0.4, 0.5) is 0 Å². The number of piperidine rings is 1. The molecule has 3 heteroatoms. The lowest BCUT2D eigenvalue weighted by atomic mass is 10.1. The summed E-state index contributed by atoms with van der Waals surface area (Å²) in [5, 5.41) is 8.66. The van der Waals surface area contributed by atoms with Crippen molar-refractivity contribution in [2.75, 3.05) is 39.3 Å². The molecule has 2 aliphatic rings. The van der Waals surface area contributed by atoms with E-state index in [0.29, 0.717) is 0 Å². The molecule has 1 N–H and O–H groups in total. The molecule has 0 spiro atoms. The van der Waals surface area contributed by atoms with Gasteiger partial charge in [0.05, 0.1) is 0 Å². The molecule has 2 aliphatic heterocycles. The molecule has 0 aliphatic carbocycles. The van der Waals surface area contributed by atoms with Gasteiger partial charge in [0, 0.05) is 26.2 Å². The molecule has 0 amide bonds. The predicted octanol–water partition coefficient (Wildman–Crippen LogP) is 1.32. The average Bonchev–Trinajstić information content (AvgIpc) is 2.76. The monoisotopic (exact) mass is 211 g/mol. The van der Waals surface area contributed by atoms with E-state index in [1.807, 2.05) is 0 Å². The Kier molecular flexibility index (Phi) is 4.42. The first kappa shape index (κ1) is 11.4. The number of hydrogen-bond acceptors (Lipinski definition) is 3. The first-order chi connectivity index (χ1) is 7.40. The summed E-state index contributed by atoms with van der Waals surface area (Å²) in [6, 6.07) is 0. The van der Waals surface area contributed by atoms with Gasteiger partial charge in [-0.3, -0.25) is 0 Å². The maximum atomic E-state index is 3.47. The van der Waals surface area contributed by atoms with Crippen LogP contribution in [0.2, 0.25) is 0 Å². The molecule has 3 nitrogen and oxygen atoms in total. The molecule has 88 valence electrons. The van der Waals surface area contributed by atoms with Crippen molar-refractivity contribution >= 4 is 0 Å². The Morgan fingerprint density at radius 2 is 1.87 bits per heavy atom. The first-order valence-corrected chi connectivity index (χ1v) is 6.60. The highest BCUT2D eigenvalue weighted by molar-refractivity contribution is 4.77. The third kappa shape index (κ3) is 3.16. The van der Waals surface area contributed by atoms with E-state index in [2.05, 4.69) is 22.3 Å². The van der Waals surface area contributed by atoms with Crippen molar-refractivity contribution in [3.63, 3.8) is 0 Å². The third-order valence-electron chi connectivity index (χ3n) is 3.68. The fraction of sp³-hybridized carbons (Fsp3) is 1.00. The summed E-state index contributed by atoms with van der Waals surface area (Å²) in [4.78, 5) is 0. The zero-order valence-corrected chi connectivity index (χ0v) is 10.0. The van der Waals surface area contributed by atoms with E-state index in [1.165, 1.54) is 58.4 Å². The summed E-state index contributed by atoms with van der Waals surface area (Å²) < 4.78 is 0. The van der Waals surface area contributed by atoms with Gasteiger partial charge in [0.1, 0.15) is 0 Å². The van der Waals surface area contributed by atoms with Gasteiger partial charge in [0.25, 0.3) is 0 Å². The minimum atomic E-state index is 0.881. The molecule has 0 bridgehead atoms. The molecule has 2 saturated heterocycles. The molecular formula is C12H25N3. The van der Waals surface area contributed by atoms with Crippen LogP contribution in [0, 0.1) is 5.92 Å². The van der Waals surface area contributed by atoms with E-state index in [1.54, 1.807) is 0 Å². The van der Waals surface area contributed by atoms with Crippen molar-refractivity contribution in [1.82, 2.24) is 15.3 Å². The Morgan fingerprint density at radius 3 is 2.60 bits per heavy atom. The SMILES string of the molecule is CCNCC1CCN(N2CCCCC2)C1. The number of nitrogens with one attached hydrogen (secondary N) is 1. The molecule has 1 atom stereocenters. The van der Waals surface area contributed by atoms with Gasteiger partial charge in [-0.2, -0.15) is 0 Å². The molecule has 0 aromatic rings. The van der Waals surface area contributed by atoms with Crippen molar-refractivity contribution in [3.8, 4) is 0 Å². The Labute approximate surface area is 93.8 Å². The van der Waals surface area contributed by atoms with Crippen molar-refractivity contribution in [3.05, 3.63) is 0 Å². The predicted molar refractivity (Wildman–Crippen MR) is 63.6 cm³/mol. The first-order valence-electron chi connectivity index (χ1n) is 6.60. The molecule has 2 rings (SSSR count). The summed E-state index contributed by atoms with van der Waals surface area (Å²) in [6.07, 6.45) is 5.61. The van der Waals surface area contributed by atoms with Crippen LogP contribution in [0.5, 0.6) is 0 Å². The molecule has 0 radical (unpaired) electrons. The van der Waals surface area contributed by atoms with Gasteiger partial charge in [0.2, 0.25) is 0 Å². The minimum Gasteiger partial charge on any atom is -0.317 e. The zero-order chi connectivity index (χ0) is 10.5. The van der Waals surface area contributed by atoms with Crippen LogP contribution >= 0.6 is 0 Å². The highest BCUT2D eigenvalue weighted by Crippen LogP contribution is 2.20. The topological polar surface area (TPSA) is 18.5 Å². The normalized spacial score (nSPS) is 29.8. The van der Waals surface area contributed by atoms with Crippen molar-refractivity contribution in [2.45, 2.75) is 32.6 Å². The van der Waals surface area contributed by atoms with Gasteiger partial charge in [-0.1, -0.05) is 13.3 Å². The van der Waals surface area contributed by atoms with Gasteiger partial charge >= 0.3 is 0 Å². The second kappa shape index (κ2) is 5.83. The standard InChI is InChI=1S/C12H25N3/c1-2-13-10-12-6-9-15(11-12)14-7-4-3-5-8-14/h12-13H,2-11H2,1H3. The maximum Gasteiger partial charge on any atom is 0.0174 e. The quantitative estimate of drug-likeness (QED) is 0.756. The Balaban J connectivity index is 1.71. The number of rotatable bonds is 4. The van der Waals surface area contributed by atoms with Crippen LogP contribution < -0.4 is 5.32 Å². The average molecular weight is 211 g/mol. The highest BCUT2D eigenvalue weighted by Gasteiger charge is 2.26. The molecule has 0 aromatic heterocycles. The summed E-state index contributed by atoms with van der Waals surface area (Å²) in [7, 11) is 0. The smallest absolute Gasteiger partial charge is 0.0174 e. The second-order valence-corrected chi connectivity index (χ2v) is 4.89. The molecule has 2 heterocycles. The van der Waals surface area contributed by atoms with Crippen LogP contribution in [0.1, 0.15) is 32.6 Å². The Morgan fingerprint density at radius 1 is 1.07 bits per heavy atom. The fourth-order valence-electron chi connectivity index (χ4n) is 2.74. The van der Waals surface area contributed by atoms with Crippen LogP contribution in [-0.4, -0.2) is 49.3 Å². The van der Waals surface area contributed by atoms with Gasteiger partial charge < -0.3 is 5.32 Å². The van der Waals surface area contributed by atoms with E-state index in [0.717, 1.165) is 12.5 Å². The number of hydrazine groups is 1. The van der Waals surface area contributed by atoms with Gasteiger partial charge in [-0.15, -0.1) is 0 Å². The molecule has 0 saturated carbocycles. The lowest BCUT2D eigenvalue weighted by Gasteiger charge is -2.34. The fourth-order valence-corrected chi connectivity index (χ4v) is 2.74. The van der Waals surface area contributed by atoms with E-state index in [4.69, 9.17) is 0 Å². The summed E-state index contributed by atoms with van der Waals surface area (Å²) in [6.45, 7) is 9.68. The third-order valence-corrected chi connectivity index (χ3v) is 3.68. The van der Waals surface area contributed by atoms with Crippen molar-refractivity contribution < 1.29 is 0 Å². The molecule has 1 unspecified atom stereocenters. The van der Waals surface area contributed by atoms with Gasteiger partial charge in [0.15, 0.2) is 0 Å². The number of hydrogen-bond donors (Lipinski definition) is 1. The summed E-state index contributed by atoms with van der Waals surface area (Å²) >= 11 is 0. The van der Waals surface area contributed by atoms with Crippen LogP contribution in [0.15, 0.2) is 0 Å². The van der Waals surface area contributed by atoms with Crippen LogP contribution in [0.25, 0.3) is 0 Å².